The fourth-order valence-electron chi connectivity index (χ4n) is 4.67. The van der Waals surface area contributed by atoms with Crippen LogP contribution in [-0.2, 0) is 13.0 Å². The maximum Gasteiger partial charge on any atom is 0.165 e. The quantitative estimate of drug-likeness (QED) is 0.651. The van der Waals surface area contributed by atoms with Gasteiger partial charge in [0.15, 0.2) is 11.6 Å². The molecule has 2 atom stereocenters. The third-order valence-electron chi connectivity index (χ3n) is 6.08. The molecule has 5 rings (SSSR count). The van der Waals surface area contributed by atoms with E-state index < -0.39 is 0 Å². The van der Waals surface area contributed by atoms with Gasteiger partial charge in [0.25, 0.3) is 0 Å². The largest absolute Gasteiger partial charge is 0.494 e. The van der Waals surface area contributed by atoms with Gasteiger partial charge < -0.3 is 9.72 Å². The number of nitrogens with zero attached hydrogens (tertiary/aromatic N) is 1. The molecule has 1 fully saturated rings. The van der Waals surface area contributed by atoms with Gasteiger partial charge in [-0.2, -0.15) is 0 Å². The summed E-state index contributed by atoms with van der Waals surface area (Å²) in [5.41, 5.74) is 11.6. The number of ether oxygens (including phenoxy) is 1. The van der Waals surface area contributed by atoms with E-state index in [1.807, 2.05) is 6.07 Å². The number of nitrogens with one attached hydrogen (secondary N) is 3. The van der Waals surface area contributed by atoms with Crippen molar-refractivity contribution in [2.24, 2.45) is 5.92 Å². The molecule has 2 aliphatic heterocycles. The molecule has 0 spiro atoms. The fraction of sp³-hybridized carbons (Fsp3) is 0.364. The first kappa shape index (κ1) is 17.7. The van der Waals surface area contributed by atoms with Gasteiger partial charge in [0.2, 0.25) is 0 Å². The molecule has 0 radical (unpaired) electrons. The van der Waals surface area contributed by atoms with Gasteiger partial charge in [0.1, 0.15) is 0 Å². The van der Waals surface area contributed by atoms with E-state index in [0.29, 0.717) is 5.92 Å². The van der Waals surface area contributed by atoms with Crippen LogP contribution in [0.1, 0.15) is 22.9 Å². The molecule has 3 aromatic rings. The summed E-state index contributed by atoms with van der Waals surface area (Å²) in [7, 11) is 1.49. The molecular weight excluding hydrogens is 355 g/mol. The smallest absolute Gasteiger partial charge is 0.165 e. The zero-order chi connectivity index (χ0) is 19.1. The van der Waals surface area contributed by atoms with Gasteiger partial charge in [-0.25, -0.2) is 9.82 Å². The lowest BCUT2D eigenvalue weighted by Crippen LogP contribution is -2.36. The number of halogens is 1. The predicted molar refractivity (Wildman–Crippen MR) is 108 cm³/mol. The van der Waals surface area contributed by atoms with Gasteiger partial charge in [-0.3, -0.25) is 10.3 Å². The van der Waals surface area contributed by atoms with Gasteiger partial charge in [0, 0.05) is 48.7 Å². The van der Waals surface area contributed by atoms with Gasteiger partial charge in [-0.1, -0.05) is 24.3 Å². The summed E-state index contributed by atoms with van der Waals surface area (Å²) in [5, 5.41) is 1.35. The number of H-pyrrole nitrogens is 1. The summed E-state index contributed by atoms with van der Waals surface area (Å²) >= 11 is 0. The Bertz CT molecular complexity index is 1000. The minimum Gasteiger partial charge on any atom is -0.494 e. The number of benzene rings is 2. The average Bonchev–Trinajstić information content (AvgIpc) is 3.31. The highest BCUT2D eigenvalue weighted by atomic mass is 19.1. The highest BCUT2D eigenvalue weighted by molar-refractivity contribution is 5.84. The molecule has 1 aromatic heterocycles. The molecule has 28 heavy (non-hydrogen) atoms. The number of para-hydroxylation sites is 1. The molecule has 3 N–H and O–H groups in total. The predicted octanol–water partition coefficient (Wildman–Crippen LogP) is 3.14. The second-order valence-electron chi connectivity index (χ2n) is 7.77. The number of rotatable bonds is 4. The summed E-state index contributed by atoms with van der Waals surface area (Å²) in [6, 6.07) is 13.9. The van der Waals surface area contributed by atoms with Gasteiger partial charge in [0.05, 0.1) is 13.2 Å². The van der Waals surface area contributed by atoms with Crippen molar-refractivity contribution in [1.29, 1.82) is 0 Å². The molecule has 6 heteroatoms. The molecule has 0 saturated carbocycles. The Hall–Kier alpha value is -2.41. The van der Waals surface area contributed by atoms with Crippen molar-refractivity contribution in [3.05, 3.63) is 65.1 Å². The molecule has 0 aliphatic carbocycles. The van der Waals surface area contributed by atoms with Crippen LogP contribution in [0, 0.1) is 11.7 Å². The zero-order valence-electron chi connectivity index (χ0n) is 16.0. The van der Waals surface area contributed by atoms with Crippen LogP contribution in [0.25, 0.3) is 10.9 Å². The van der Waals surface area contributed by atoms with E-state index in [4.69, 9.17) is 4.74 Å². The second-order valence-corrected chi connectivity index (χ2v) is 7.77. The summed E-state index contributed by atoms with van der Waals surface area (Å²) in [6.07, 6.45) is 1.06. The van der Waals surface area contributed by atoms with Crippen molar-refractivity contribution in [2.75, 3.05) is 26.7 Å². The van der Waals surface area contributed by atoms with Crippen LogP contribution < -0.4 is 15.6 Å². The molecule has 0 bridgehead atoms. The van der Waals surface area contributed by atoms with Crippen LogP contribution >= 0.6 is 0 Å². The van der Waals surface area contributed by atoms with E-state index in [9.17, 15) is 4.39 Å². The van der Waals surface area contributed by atoms with E-state index in [-0.39, 0.29) is 17.6 Å². The minimum atomic E-state index is -0.312. The monoisotopic (exact) mass is 380 g/mol. The molecule has 5 nitrogen and oxygen atoms in total. The lowest BCUT2D eigenvalue weighted by molar-refractivity contribution is 0.208. The Morgan fingerprint density at radius 3 is 2.96 bits per heavy atom. The number of hydrazine groups is 1. The van der Waals surface area contributed by atoms with Gasteiger partial charge in [-0.15, -0.1) is 0 Å². The third-order valence-corrected chi connectivity index (χ3v) is 6.08. The molecule has 146 valence electrons. The van der Waals surface area contributed by atoms with Crippen LogP contribution in [0.15, 0.2) is 42.5 Å². The maximum absolute atomic E-state index is 14.2. The first-order chi connectivity index (χ1) is 13.7. The van der Waals surface area contributed by atoms with Crippen LogP contribution in [0.2, 0.25) is 0 Å². The lowest BCUT2D eigenvalue weighted by Gasteiger charge is -2.31. The Kier molecular flexibility index (Phi) is 4.55. The number of hydrogen-bond acceptors (Lipinski definition) is 4. The molecule has 3 heterocycles. The molecule has 0 amide bonds. The first-order valence-electron chi connectivity index (χ1n) is 9.85. The highest BCUT2D eigenvalue weighted by Crippen LogP contribution is 2.31. The normalized spacial score (nSPS) is 22.5. The second kappa shape index (κ2) is 7.20. The molecule has 2 unspecified atom stereocenters. The number of hydrogen-bond donors (Lipinski definition) is 3. The number of aromatic amines is 1. The van der Waals surface area contributed by atoms with Crippen LogP contribution in [0.5, 0.6) is 5.75 Å². The third kappa shape index (κ3) is 3.07. The lowest BCUT2D eigenvalue weighted by atomic mass is 9.93. The van der Waals surface area contributed by atoms with Crippen molar-refractivity contribution in [3.63, 3.8) is 0 Å². The average molecular weight is 380 g/mol. The molecular formula is C22H25FN4O. The van der Waals surface area contributed by atoms with Crippen molar-refractivity contribution in [1.82, 2.24) is 20.7 Å². The summed E-state index contributed by atoms with van der Waals surface area (Å²) < 4.78 is 19.2. The van der Waals surface area contributed by atoms with Crippen molar-refractivity contribution >= 4 is 10.9 Å². The van der Waals surface area contributed by atoms with Crippen LogP contribution in [-0.4, -0.2) is 36.6 Å². The number of fused-ring (bicyclic) bond motifs is 3. The SMILES string of the molecule is COc1ccc(C2NNCC2CN2CCc3c([nH]c4ccccc34)C2)cc1F. The first-order valence-corrected chi connectivity index (χ1v) is 9.85. The minimum absolute atomic E-state index is 0.0875. The van der Waals surface area contributed by atoms with Crippen LogP contribution in [0.3, 0.4) is 0 Å². The van der Waals surface area contributed by atoms with Crippen molar-refractivity contribution in [2.45, 2.75) is 19.0 Å². The Labute approximate surface area is 163 Å². The van der Waals surface area contributed by atoms with E-state index in [1.54, 1.807) is 12.1 Å². The standard InChI is InChI=1S/C22H25FN4O/c1-28-21-7-6-14(10-18(21)23)22-15(11-24-26-22)12-27-9-8-17-16-4-2-3-5-19(16)25-20(17)13-27/h2-7,10,15,22,24-26H,8-9,11-13H2,1H3. The van der Waals surface area contributed by atoms with Crippen molar-refractivity contribution < 1.29 is 9.13 Å². The van der Waals surface area contributed by atoms with E-state index in [1.165, 1.54) is 29.3 Å². The van der Waals surface area contributed by atoms with E-state index >= 15 is 0 Å². The van der Waals surface area contributed by atoms with Gasteiger partial charge >= 0.3 is 0 Å². The van der Waals surface area contributed by atoms with Gasteiger partial charge in [-0.05, 0) is 35.7 Å². The zero-order valence-corrected chi connectivity index (χ0v) is 16.0. The Morgan fingerprint density at radius 1 is 1.21 bits per heavy atom. The summed E-state index contributed by atoms with van der Waals surface area (Å²) in [4.78, 5) is 6.10. The number of methoxy groups -OCH3 is 1. The topological polar surface area (TPSA) is 52.3 Å². The van der Waals surface area contributed by atoms with Crippen LogP contribution in [0.4, 0.5) is 4.39 Å². The molecule has 2 aliphatic rings. The number of aromatic nitrogens is 1. The summed E-state index contributed by atoms with van der Waals surface area (Å²) in [6.45, 7) is 3.82. The molecule has 2 aromatic carbocycles. The van der Waals surface area contributed by atoms with E-state index in [0.717, 1.165) is 38.2 Å². The Balaban J connectivity index is 1.32. The fourth-order valence-corrected chi connectivity index (χ4v) is 4.67. The highest BCUT2D eigenvalue weighted by Gasteiger charge is 2.31. The maximum atomic E-state index is 14.2. The summed E-state index contributed by atoms with van der Waals surface area (Å²) in [5.74, 6) is 0.348. The van der Waals surface area contributed by atoms with E-state index in [2.05, 4.69) is 45.0 Å². The molecule has 1 saturated heterocycles. The Morgan fingerprint density at radius 2 is 2.11 bits per heavy atom. The van der Waals surface area contributed by atoms with Crippen molar-refractivity contribution in [3.8, 4) is 5.75 Å².